The number of carbonyl (C=O) groups excluding carboxylic acids is 1. The Labute approximate surface area is 142 Å². The second-order valence-corrected chi connectivity index (χ2v) is 7.12. The van der Waals surface area contributed by atoms with Crippen LogP contribution >= 0.6 is 0 Å². The molecular formula is C19H24N4O. The molecule has 0 aliphatic carbocycles. The number of amides is 1. The Balaban J connectivity index is 1.38. The van der Waals surface area contributed by atoms with Crippen LogP contribution in [0, 0.1) is 6.92 Å². The third kappa shape index (κ3) is 3.08. The number of nitrogens with one attached hydrogen (secondary N) is 2. The molecule has 3 heterocycles. The third-order valence-corrected chi connectivity index (χ3v) is 5.37. The van der Waals surface area contributed by atoms with Gasteiger partial charge < -0.3 is 5.32 Å². The zero-order valence-corrected chi connectivity index (χ0v) is 14.0. The fraction of sp³-hybridized carbons (Fsp3) is 0.474. The standard InChI is InChI=1S/C19H24N4O/c1-13-9-18(22-21-13)19(24)20-15-10-16-7-8-17(11-15)23(16)12-14-5-3-2-4-6-14/h2-6,9,15-17H,7-8,10-12H2,1H3,(H,20,24)(H,21,22). The number of hydrogen-bond donors (Lipinski definition) is 2. The quantitative estimate of drug-likeness (QED) is 0.909. The molecule has 2 aliphatic heterocycles. The maximum Gasteiger partial charge on any atom is 0.271 e. The molecule has 0 saturated carbocycles. The van der Waals surface area contributed by atoms with Gasteiger partial charge in [-0.15, -0.1) is 0 Å². The molecule has 0 radical (unpaired) electrons. The molecule has 1 aromatic carbocycles. The van der Waals surface area contributed by atoms with Crippen LogP contribution in [0.15, 0.2) is 36.4 Å². The second kappa shape index (κ2) is 6.40. The Kier molecular flexibility index (Phi) is 4.10. The maximum absolute atomic E-state index is 12.3. The first-order valence-corrected chi connectivity index (χ1v) is 8.81. The van der Waals surface area contributed by atoms with Gasteiger partial charge in [-0.25, -0.2) is 0 Å². The number of benzene rings is 1. The van der Waals surface area contributed by atoms with E-state index in [0.29, 0.717) is 17.8 Å². The summed E-state index contributed by atoms with van der Waals surface area (Å²) in [7, 11) is 0. The van der Waals surface area contributed by atoms with Crippen molar-refractivity contribution in [2.75, 3.05) is 0 Å². The minimum absolute atomic E-state index is 0.0553. The van der Waals surface area contributed by atoms with Crippen LogP contribution in [0.4, 0.5) is 0 Å². The number of H-pyrrole nitrogens is 1. The molecule has 2 bridgehead atoms. The molecule has 1 amide bonds. The molecule has 2 atom stereocenters. The Bertz CT molecular complexity index is 697. The summed E-state index contributed by atoms with van der Waals surface area (Å²) in [4.78, 5) is 15.0. The van der Waals surface area contributed by atoms with E-state index in [4.69, 9.17) is 0 Å². The number of piperidine rings is 1. The van der Waals surface area contributed by atoms with Crippen LogP contribution in [-0.2, 0) is 6.54 Å². The first kappa shape index (κ1) is 15.4. The van der Waals surface area contributed by atoms with Crippen LogP contribution in [-0.4, -0.2) is 39.1 Å². The van der Waals surface area contributed by atoms with E-state index in [1.165, 1.54) is 18.4 Å². The highest BCUT2D eigenvalue weighted by Gasteiger charge is 2.41. The zero-order chi connectivity index (χ0) is 16.5. The second-order valence-electron chi connectivity index (χ2n) is 7.12. The van der Waals surface area contributed by atoms with Crippen LogP contribution in [0.1, 0.15) is 47.4 Å². The molecule has 2 N–H and O–H groups in total. The largest absolute Gasteiger partial charge is 0.348 e. The number of fused-ring (bicyclic) bond motifs is 2. The van der Waals surface area contributed by atoms with Gasteiger partial charge in [-0.05, 0) is 44.2 Å². The topological polar surface area (TPSA) is 61.0 Å². The molecule has 24 heavy (non-hydrogen) atoms. The Morgan fingerprint density at radius 1 is 1.25 bits per heavy atom. The molecule has 4 rings (SSSR count). The van der Waals surface area contributed by atoms with Gasteiger partial charge in [0.1, 0.15) is 5.69 Å². The van der Waals surface area contributed by atoms with E-state index in [1.807, 2.05) is 6.92 Å². The minimum Gasteiger partial charge on any atom is -0.348 e. The van der Waals surface area contributed by atoms with Crippen molar-refractivity contribution in [3.8, 4) is 0 Å². The molecule has 2 saturated heterocycles. The van der Waals surface area contributed by atoms with E-state index in [2.05, 4.69) is 50.7 Å². The van der Waals surface area contributed by atoms with E-state index in [1.54, 1.807) is 6.07 Å². The van der Waals surface area contributed by atoms with E-state index in [0.717, 1.165) is 25.1 Å². The van der Waals surface area contributed by atoms with Gasteiger partial charge in [-0.1, -0.05) is 30.3 Å². The van der Waals surface area contributed by atoms with Crippen molar-refractivity contribution >= 4 is 5.91 Å². The van der Waals surface area contributed by atoms with Crippen LogP contribution in [0.25, 0.3) is 0 Å². The van der Waals surface area contributed by atoms with Gasteiger partial charge in [0.15, 0.2) is 0 Å². The number of hydrogen-bond acceptors (Lipinski definition) is 3. The number of aryl methyl sites for hydroxylation is 1. The highest BCUT2D eigenvalue weighted by Crippen LogP contribution is 2.36. The van der Waals surface area contributed by atoms with Crippen molar-refractivity contribution in [1.82, 2.24) is 20.4 Å². The molecular weight excluding hydrogens is 300 g/mol. The van der Waals surface area contributed by atoms with Crippen molar-refractivity contribution < 1.29 is 4.79 Å². The van der Waals surface area contributed by atoms with E-state index < -0.39 is 0 Å². The third-order valence-electron chi connectivity index (χ3n) is 5.37. The average molecular weight is 324 g/mol. The van der Waals surface area contributed by atoms with Crippen LogP contribution < -0.4 is 5.32 Å². The summed E-state index contributed by atoms with van der Waals surface area (Å²) in [6.07, 6.45) is 4.56. The number of aromatic amines is 1. The lowest BCUT2D eigenvalue weighted by atomic mass is 9.96. The fourth-order valence-electron chi connectivity index (χ4n) is 4.24. The Hall–Kier alpha value is -2.14. The van der Waals surface area contributed by atoms with Crippen molar-refractivity contribution in [1.29, 1.82) is 0 Å². The molecule has 2 fully saturated rings. The lowest BCUT2D eigenvalue weighted by molar-refractivity contribution is 0.0823. The van der Waals surface area contributed by atoms with Crippen molar-refractivity contribution in [3.05, 3.63) is 53.3 Å². The number of carbonyl (C=O) groups is 1. The predicted molar refractivity (Wildman–Crippen MR) is 92.6 cm³/mol. The molecule has 2 aromatic rings. The summed E-state index contributed by atoms with van der Waals surface area (Å²) >= 11 is 0. The number of nitrogens with zero attached hydrogens (tertiary/aromatic N) is 2. The van der Waals surface area contributed by atoms with E-state index in [9.17, 15) is 4.79 Å². The Morgan fingerprint density at radius 2 is 1.96 bits per heavy atom. The van der Waals surface area contributed by atoms with Gasteiger partial charge >= 0.3 is 0 Å². The lowest BCUT2D eigenvalue weighted by Gasteiger charge is -2.39. The average Bonchev–Trinajstić information content (AvgIpc) is 3.10. The van der Waals surface area contributed by atoms with Gasteiger partial charge in [0.05, 0.1) is 0 Å². The minimum atomic E-state index is -0.0553. The zero-order valence-electron chi connectivity index (χ0n) is 14.0. The van der Waals surface area contributed by atoms with Gasteiger partial charge in [-0.2, -0.15) is 5.10 Å². The molecule has 0 spiro atoms. The Morgan fingerprint density at radius 3 is 2.58 bits per heavy atom. The summed E-state index contributed by atoms with van der Waals surface area (Å²) in [5, 5.41) is 10.1. The number of aromatic nitrogens is 2. The van der Waals surface area contributed by atoms with Crippen LogP contribution in [0.3, 0.4) is 0 Å². The molecule has 5 heteroatoms. The highest BCUT2D eigenvalue weighted by molar-refractivity contribution is 5.92. The van der Waals surface area contributed by atoms with E-state index >= 15 is 0 Å². The summed E-state index contributed by atoms with van der Waals surface area (Å²) in [5.74, 6) is -0.0553. The monoisotopic (exact) mass is 324 g/mol. The highest BCUT2D eigenvalue weighted by atomic mass is 16.2. The molecule has 2 unspecified atom stereocenters. The fourth-order valence-corrected chi connectivity index (χ4v) is 4.24. The first-order chi connectivity index (χ1) is 11.7. The molecule has 1 aromatic heterocycles. The maximum atomic E-state index is 12.3. The van der Waals surface area contributed by atoms with Crippen molar-refractivity contribution in [3.63, 3.8) is 0 Å². The molecule has 2 aliphatic rings. The van der Waals surface area contributed by atoms with Crippen LogP contribution in [0.2, 0.25) is 0 Å². The van der Waals surface area contributed by atoms with Gasteiger partial charge in [0.2, 0.25) is 0 Å². The van der Waals surface area contributed by atoms with Crippen molar-refractivity contribution in [2.24, 2.45) is 0 Å². The summed E-state index contributed by atoms with van der Waals surface area (Å²) in [6.45, 7) is 2.93. The SMILES string of the molecule is Cc1cc(C(=O)NC2CC3CCC(C2)N3Cc2ccccc2)n[nH]1. The summed E-state index contributed by atoms with van der Waals surface area (Å²) in [5.41, 5.74) is 2.79. The predicted octanol–water partition coefficient (Wildman–Crippen LogP) is 2.64. The smallest absolute Gasteiger partial charge is 0.271 e. The van der Waals surface area contributed by atoms with Gasteiger partial charge in [0.25, 0.3) is 5.91 Å². The van der Waals surface area contributed by atoms with Gasteiger partial charge in [-0.3, -0.25) is 14.8 Å². The molecule has 126 valence electrons. The lowest BCUT2D eigenvalue weighted by Crippen LogP contribution is -2.50. The summed E-state index contributed by atoms with van der Waals surface area (Å²) < 4.78 is 0. The number of rotatable bonds is 4. The van der Waals surface area contributed by atoms with E-state index in [-0.39, 0.29) is 11.9 Å². The first-order valence-electron chi connectivity index (χ1n) is 8.81. The van der Waals surface area contributed by atoms with Gasteiger partial charge in [0, 0.05) is 30.4 Å². The van der Waals surface area contributed by atoms with Crippen molar-refractivity contribution in [2.45, 2.75) is 57.3 Å². The normalized spacial score (nSPS) is 26.5. The van der Waals surface area contributed by atoms with Crippen LogP contribution in [0.5, 0.6) is 0 Å². The summed E-state index contributed by atoms with van der Waals surface area (Å²) in [6, 6.07) is 13.9. The molecule has 5 nitrogen and oxygen atoms in total.